The van der Waals surface area contributed by atoms with Crippen LogP contribution in [0.5, 0.6) is 0 Å². The molecule has 0 amide bonds. The summed E-state index contributed by atoms with van der Waals surface area (Å²) in [6, 6.07) is 0. The van der Waals surface area contributed by atoms with Gasteiger partial charge in [-0.15, -0.1) is 24.8 Å². The van der Waals surface area contributed by atoms with E-state index in [1.165, 1.54) is 0 Å². The lowest BCUT2D eigenvalue weighted by Crippen LogP contribution is -2.19. The minimum atomic E-state index is -1.31. The van der Waals surface area contributed by atoms with Crippen LogP contribution in [0.3, 0.4) is 0 Å². The Bertz CT molecular complexity index is 245. The van der Waals surface area contributed by atoms with E-state index >= 15 is 0 Å². The summed E-state index contributed by atoms with van der Waals surface area (Å²) in [6.07, 6.45) is 0. The summed E-state index contributed by atoms with van der Waals surface area (Å²) in [5, 5.41) is 31.9. The quantitative estimate of drug-likeness (QED) is 0.546. The van der Waals surface area contributed by atoms with E-state index in [2.05, 4.69) is 0 Å². The summed E-state index contributed by atoms with van der Waals surface area (Å²) >= 11 is 0. The smallest absolute Gasteiger partial charge is 0.317 e. The lowest BCUT2D eigenvalue weighted by atomic mass is 10.2. The largest absolute Gasteiger partial charge is 0.481 e. The normalized spacial score (nSPS) is 8.22. The Kier molecular flexibility index (Phi) is 16.8. The number of hydrogen-bond acceptors (Lipinski definition) is 4. The number of halogens is 2. The van der Waals surface area contributed by atoms with Gasteiger partial charge in [0, 0.05) is 0 Å². The molecule has 0 aromatic carbocycles. The molecule has 8 nitrogen and oxygen atoms in total. The van der Waals surface area contributed by atoms with Crippen LogP contribution in [-0.4, -0.2) is 44.3 Å². The van der Waals surface area contributed by atoms with Gasteiger partial charge in [-0.05, 0) is 13.8 Å². The molecule has 0 aromatic heterocycles. The molecule has 108 valence electrons. The fourth-order valence-electron chi connectivity index (χ4n) is 0.211. The van der Waals surface area contributed by atoms with Crippen molar-refractivity contribution in [3.63, 3.8) is 0 Å². The third-order valence-electron chi connectivity index (χ3n) is 1.48. The topological polar surface area (TPSA) is 149 Å². The molecule has 0 aliphatic heterocycles. The Balaban J connectivity index is -0.0000000980. The van der Waals surface area contributed by atoms with Crippen molar-refractivity contribution in [2.24, 2.45) is 11.8 Å². The summed E-state index contributed by atoms with van der Waals surface area (Å²) in [5.74, 6) is -7.82. The first-order valence-corrected chi connectivity index (χ1v) is 4.02. The van der Waals surface area contributed by atoms with Gasteiger partial charge in [0.25, 0.3) is 0 Å². The van der Waals surface area contributed by atoms with Crippen LogP contribution in [0.4, 0.5) is 0 Å². The third kappa shape index (κ3) is 12.5. The van der Waals surface area contributed by atoms with Crippen molar-refractivity contribution in [2.75, 3.05) is 0 Å². The molecule has 0 spiro atoms. The Hall–Kier alpha value is -1.54. The number of carboxylic acids is 4. The zero-order valence-corrected chi connectivity index (χ0v) is 11.0. The minimum Gasteiger partial charge on any atom is -0.481 e. The maximum atomic E-state index is 9.76. The molecule has 0 radical (unpaired) electrons. The molecule has 0 fully saturated rings. The van der Waals surface area contributed by atoms with Crippen LogP contribution in [0.15, 0.2) is 0 Å². The lowest BCUT2D eigenvalue weighted by Gasteiger charge is -1.94. The maximum Gasteiger partial charge on any atom is 0.317 e. The van der Waals surface area contributed by atoms with Crippen LogP contribution in [0.1, 0.15) is 13.8 Å². The summed E-state index contributed by atoms with van der Waals surface area (Å²) in [6.45, 7) is 2.23. The Morgan fingerprint density at radius 3 is 0.722 bits per heavy atom. The second kappa shape index (κ2) is 11.9. The van der Waals surface area contributed by atoms with Gasteiger partial charge in [0.05, 0.1) is 0 Å². The fourth-order valence-corrected chi connectivity index (χ4v) is 0.211. The molecule has 0 aliphatic rings. The number of hydrogen-bond donors (Lipinski definition) is 4. The van der Waals surface area contributed by atoms with Crippen LogP contribution in [-0.2, 0) is 19.2 Å². The first-order valence-electron chi connectivity index (χ1n) is 4.02. The SMILES string of the molecule is CC(C(=O)O)C(=O)O.CC(C(=O)O)C(=O)O.Cl.Cl. The summed E-state index contributed by atoms with van der Waals surface area (Å²) in [7, 11) is 0. The van der Waals surface area contributed by atoms with Crippen molar-refractivity contribution in [1.29, 1.82) is 0 Å². The van der Waals surface area contributed by atoms with Crippen molar-refractivity contribution in [1.82, 2.24) is 0 Å². The standard InChI is InChI=1S/2C4H6O4.2ClH/c2*1-2(3(5)6)4(7)8;;/h2*2H,1H3,(H,5,6)(H,7,8);2*1H. The van der Waals surface area contributed by atoms with E-state index in [1.54, 1.807) is 0 Å². The van der Waals surface area contributed by atoms with Gasteiger partial charge in [-0.2, -0.15) is 0 Å². The Labute approximate surface area is 114 Å². The molecule has 0 saturated carbocycles. The first kappa shape index (κ1) is 25.3. The fraction of sp³-hybridized carbons (Fsp3) is 0.500. The van der Waals surface area contributed by atoms with Gasteiger partial charge >= 0.3 is 23.9 Å². The second-order valence-corrected chi connectivity index (χ2v) is 2.80. The molecule has 0 bridgehead atoms. The van der Waals surface area contributed by atoms with E-state index in [0.29, 0.717) is 0 Å². The van der Waals surface area contributed by atoms with Gasteiger partial charge in [-0.1, -0.05) is 0 Å². The average molecular weight is 309 g/mol. The van der Waals surface area contributed by atoms with Crippen LogP contribution in [0, 0.1) is 11.8 Å². The summed E-state index contributed by atoms with van der Waals surface area (Å²) in [5.41, 5.74) is 0. The zero-order chi connectivity index (χ0) is 13.5. The molecule has 0 atom stereocenters. The first-order chi connectivity index (χ1) is 7.11. The molecule has 0 heterocycles. The predicted octanol–water partition coefficient (Wildman–Crippen LogP) is 0.427. The van der Waals surface area contributed by atoms with E-state index in [0.717, 1.165) is 13.8 Å². The minimum absolute atomic E-state index is 0. The third-order valence-corrected chi connectivity index (χ3v) is 1.48. The van der Waals surface area contributed by atoms with Gasteiger partial charge < -0.3 is 20.4 Å². The number of carbonyl (C=O) groups is 4. The van der Waals surface area contributed by atoms with Crippen molar-refractivity contribution >= 4 is 48.7 Å². The van der Waals surface area contributed by atoms with Crippen molar-refractivity contribution in [3.05, 3.63) is 0 Å². The molecule has 0 rings (SSSR count). The van der Waals surface area contributed by atoms with Gasteiger partial charge in [0.2, 0.25) is 0 Å². The van der Waals surface area contributed by atoms with Gasteiger partial charge in [0.15, 0.2) is 11.8 Å². The van der Waals surface area contributed by atoms with Crippen molar-refractivity contribution < 1.29 is 39.6 Å². The summed E-state index contributed by atoms with van der Waals surface area (Å²) in [4.78, 5) is 39.0. The highest BCUT2D eigenvalue weighted by atomic mass is 35.5. The summed E-state index contributed by atoms with van der Waals surface area (Å²) < 4.78 is 0. The number of carboxylic acid groups (broad SMARTS) is 4. The molecular weight excluding hydrogens is 295 g/mol. The number of rotatable bonds is 4. The van der Waals surface area contributed by atoms with Crippen molar-refractivity contribution in [3.8, 4) is 0 Å². The highest BCUT2D eigenvalue weighted by molar-refractivity contribution is 5.92. The van der Waals surface area contributed by atoms with E-state index in [4.69, 9.17) is 20.4 Å². The molecule has 10 heteroatoms. The van der Waals surface area contributed by atoms with Gasteiger partial charge in [-0.25, -0.2) is 0 Å². The van der Waals surface area contributed by atoms with Crippen molar-refractivity contribution in [2.45, 2.75) is 13.8 Å². The molecule has 0 aromatic rings. The van der Waals surface area contributed by atoms with E-state index in [-0.39, 0.29) is 24.8 Å². The van der Waals surface area contributed by atoms with Crippen LogP contribution in [0.2, 0.25) is 0 Å². The lowest BCUT2D eigenvalue weighted by molar-refractivity contribution is -0.155. The molecule has 0 saturated heterocycles. The number of aliphatic carboxylic acids is 4. The van der Waals surface area contributed by atoms with E-state index in [1.807, 2.05) is 0 Å². The van der Waals surface area contributed by atoms with Crippen LogP contribution >= 0.6 is 24.8 Å². The molecular formula is C8H14Cl2O8. The highest BCUT2D eigenvalue weighted by Crippen LogP contribution is 1.92. The molecule has 0 aliphatic carbocycles. The second-order valence-electron chi connectivity index (χ2n) is 2.80. The van der Waals surface area contributed by atoms with E-state index in [9.17, 15) is 19.2 Å². The zero-order valence-electron chi connectivity index (χ0n) is 9.39. The van der Waals surface area contributed by atoms with Crippen LogP contribution in [0.25, 0.3) is 0 Å². The monoisotopic (exact) mass is 308 g/mol. The van der Waals surface area contributed by atoms with Gasteiger partial charge in [-0.3, -0.25) is 19.2 Å². The van der Waals surface area contributed by atoms with Crippen LogP contribution < -0.4 is 0 Å². The Morgan fingerprint density at radius 1 is 0.611 bits per heavy atom. The Morgan fingerprint density at radius 2 is 0.722 bits per heavy atom. The molecule has 4 N–H and O–H groups in total. The highest BCUT2D eigenvalue weighted by Gasteiger charge is 2.18. The average Bonchev–Trinajstić information content (AvgIpc) is 2.15. The maximum absolute atomic E-state index is 9.76. The molecule has 18 heavy (non-hydrogen) atoms. The predicted molar refractivity (Wildman–Crippen MR) is 63.4 cm³/mol. The van der Waals surface area contributed by atoms with Gasteiger partial charge in [0.1, 0.15) is 0 Å². The molecule has 0 unspecified atom stereocenters. The van der Waals surface area contributed by atoms with E-state index < -0.39 is 35.7 Å².